The number of allylic oxidation sites excluding steroid dienone is 1. The number of aliphatic carboxylic acids is 1. The van der Waals surface area contributed by atoms with Gasteiger partial charge in [-0.25, -0.2) is 0 Å². The summed E-state index contributed by atoms with van der Waals surface area (Å²) in [6, 6.07) is -0.0784. The van der Waals surface area contributed by atoms with E-state index < -0.39 is 11.9 Å². The summed E-state index contributed by atoms with van der Waals surface area (Å²) in [6.45, 7) is 25.1. The lowest BCUT2D eigenvalue weighted by atomic mass is 9.34. The second-order valence-corrected chi connectivity index (χ2v) is 19.0. The molecule has 0 aromatic carbocycles. The van der Waals surface area contributed by atoms with Crippen LogP contribution in [-0.2, 0) is 14.3 Å². The Kier molecular flexibility index (Phi) is 8.89. The van der Waals surface area contributed by atoms with Gasteiger partial charge in [0.25, 0.3) is 0 Å². The molecule has 4 fully saturated rings. The summed E-state index contributed by atoms with van der Waals surface area (Å²) in [6.07, 6.45) is 9.76. The number of likely N-dealkylation sites (N-methyl/N-ethyl adjacent to an activating group) is 1. The molecule has 9 heteroatoms. The molecule has 270 valence electrons. The Hall–Kier alpha value is -1.84. The van der Waals surface area contributed by atoms with Gasteiger partial charge in [-0.15, -0.1) is 10.2 Å². The lowest BCUT2D eigenvalue weighted by molar-refractivity contribution is -0.256. The van der Waals surface area contributed by atoms with Gasteiger partial charge in [0.15, 0.2) is 6.33 Å². The molecule has 6 rings (SSSR count). The number of ether oxygens (including phenoxy) is 2. The molecule has 1 saturated heterocycles. The fourth-order valence-corrected chi connectivity index (χ4v) is 12.5. The fraction of sp³-hybridized carbons (Fsp3) is 0.897. The van der Waals surface area contributed by atoms with Crippen molar-refractivity contribution < 1.29 is 19.4 Å². The Balaban J connectivity index is 1.43. The number of carbonyl (C=O) groups is 1. The third-order valence-electron chi connectivity index (χ3n) is 16.6. The van der Waals surface area contributed by atoms with Crippen LogP contribution in [-0.4, -0.2) is 81.7 Å². The zero-order valence-corrected chi connectivity index (χ0v) is 32.0. The summed E-state index contributed by atoms with van der Waals surface area (Å²) in [5, 5.41) is 24.4. The average molecular weight is 668 g/mol. The van der Waals surface area contributed by atoms with E-state index in [1.807, 2.05) is 4.80 Å². The van der Waals surface area contributed by atoms with Crippen LogP contribution in [0.1, 0.15) is 114 Å². The zero-order chi connectivity index (χ0) is 35.2. The summed E-state index contributed by atoms with van der Waals surface area (Å²) in [4.78, 5) is 17.6. The SMILES string of the molecule is CC(C)[C@@H](C)[C@@]1(C)CC[C@]2(C)[C@H]3CC[C@@H]4[C@@]5(COC[C@@]4(C)[C@@H](OC[C@](C)(C(C)C)N(C)C)[C@H](n4ncnn4)C5)C3=CC[C@@]2(C)[C@@H]1C(=O)O. The summed E-state index contributed by atoms with van der Waals surface area (Å²) in [5.74, 6) is 0.863. The number of nitrogens with zero attached hydrogens (tertiary/aromatic N) is 5. The third-order valence-corrected chi connectivity index (χ3v) is 16.6. The monoisotopic (exact) mass is 668 g/mol. The van der Waals surface area contributed by atoms with Crippen LogP contribution >= 0.6 is 0 Å². The van der Waals surface area contributed by atoms with Crippen LogP contribution < -0.4 is 0 Å². The average Bonchev–Trinajstić information content (AvgIpc) is 3.55. The van der Waals surface area contributed by atoms with Crippen molar-refractivity contribution in [1.29, 1.82) is 0 Å². The summed E-state index contributed by atoms with van der Waals surface area (Å²) in [7, 11) is 4.29. The van der Waals surface area contributed by atoms with Crippen LogP contribution in [0.3, 0.4) is 0 Å². The first-order chi connectivity index (χ1) is 22.3. The molecule has 4 aliphatic carbocycles. The first kappa shape index (κ1) is 36.0. The normalized spacial score (nSPS) is 44.4. The second kappa shape index (κ2) is 11.9. The number of fused-ring (bicyclic) bond motifs is 3. The molecule has 12 atom stereocenters. The molecular formula is C39H65N5O4. The highest BCUT2D eigenvalue weighted by molar-refractivity contribution is 5.73. The highest BCUT2D eigenvalue weighted by Gasteiger charge is 2.72. The van der Waals surface area contributed by atoms with Gasteiger partial charge in [-0.1, -0.05) is 74.0 Å². The van der Waals surface area contributed by atoms with E-state index in [1.54, 1.807) is 6.33 Å². The van der Waals surface area contributed by atoms with E-state index in [1.165, 1.54) is 5.57 Å². The van der Waals surface area contributed by atoms with Crippen molar-refractivity contribution in [2.45, 2.75) is 125 Å². The van der Waals surface area contributed by atoms with Gasteiger partial charge < -0.3 is 19.5 Å². The number of tetrazole rings is 1. The number of carboxylic acid groups (broad SMARTS) is 1. The van der Waals surface area contributed by atoms with Gasteiger partial charge in [0.05, 0.1) is 31.8 Å². The van der Waals surface area contributed by atoms with Crippen LogP contribution in [0, 0.1) is 62.6 Å². The van der Waals surface area contributed by atoms with Gasteiger partial charge in [0, 0.05) is 16.4 Å². The molecule has 1 aliphatic heterocycles. The number of aromatic nitrogens is 4. The van der Waals surface area contributed by atoms with Crippen molar-refractivity contribution >= 4 is 5.97 Å². The van der Waals surface area contributed by atoms with Gasteiger partial charge in [-0.3, -0.25) is 4.79 Å². The van der Waals surface area contributed by atoms with E-state index in [2.05, 4.69) is 110 Å². The molecule has 0 unspecified atom stereocenters. The largest absolute Gasteiger partial charge is 0.481 e. The van der Waals surface area contributed by atoms with Gasteiger partial charge >= 0.3 is 5.97 Å². The van der Waals surface area contributed by atoms with Crippen LogP contribution in [0.2, 0.25) is 0 Å². The predicted molar refractivity (Wildman–Crippen MR) is 187 cm³/mol. The minimum absolute atomic E-state index is 0.0784. The molecule has 0 spiro atoms. The summed E-state index contributed by atoms with van der Waals surface area (Å²) >= 11 is 0. The van der Waals surface area contributed by atoms with E-state index in [4.69, 9.17) is 9.47 Å². The predicted octanol–water partition coefficient (Wildman–Crippen LogP) is 7.16. The van der Waals surface area contributed by atoms with Crippen LogP contribution in [0.4, 0.5) is 0 Å². The van der Waals surface area contributed by atoms with Crippen LogP contribution in [0.25, 0.3) is 0 Å². The lowest BCUT2D eigenvalue weighted by Gasteiger charge is -2.71. The summed E-state index contributed by atoms with van der Waals surface area (Å²) in [5.41, 5.74) is 0.262. The maximum atomic E-state index is 13.4. The van der Waals surface area contributed by atoms with Gasteiger partial charge in [0.1, 0.15) is 6.04 Å². The van der Waals surface area contributed by atoms with E-state index in [0.29, 0.717) is 49.4 Å². The van der Waals surface area contributed by atoms with Gasteiger partial charge in [-0.05, 0) is 111 Å². The topological polar surface area (TPSA) is 103 Å². The Bertz CT molecular complexity index is 1390. The quantitative estimate of drug-likeness (QED) is 0.277. The van der Waals surface area contributed by atoms with Gasteiger partial charge in [-0.2, -0.15) is 4.80 Å². The fourth-order valence-electron chi connectivity index (χ4n) is 12.5. The maximum Gasteiger partial charge on any atom is 0.307 e. The number of hydrogen-bond acceptors (Lipinski definition) is 7. The van der Waals surface area contributed by atoms with Crippen molar-refractivity contribution in [2.24, 2.45) is 62.6 Å². The van der Waals surface area contributed by atoms with Crippen molar-refractivity contribution in [3.8, 4) is 0 Å². The molecule has 5 aliphatic rings. The zero-order valence-electron chi connectivity index (χ0n) is 32.0. The third kappa shape index (κ3) is 4.78. The standard InChI is InChI=1S/C39H65N5O4/c1-24(2)26(5)34(6)17-18-36(8)27-13-14-30-35(7)20-47-22-39(30,28(27)15-16-37(36,9)31(34)33(45)46)19-29(44-41-23-40-42-44)32(35)48-21-38(10,25(3)4)43(11)12/h15,23-27,29-32H,13-14,16-22H2,1-12H3,(H,45,46)/t26-,27+,29-,30+,31-,32+,34-,35-,36-,37+,38-,39+/m1/s1. The molecule has 1 aromatic rings. The number of carboxylic acids is 1. The number of hydrogen-bond donors (Lipinski definition) is 1. The molecule has 2 heterocycles. The number of rotatable bonds is 9. The molecule has 0 amide bonds. The van der Waals surface area contributed by atoms with Crippen molar-refractivity contribution in [2.75, 3.05) is 33.9 Å². The highest BCUT2D eigenvalue weighted by atomic mass is 16.5. The minimum Gasteiger partial charge on any atom is -0.481 e. The first-order valence-electron chi connectivity index (χ1n) is 18.9. The summed E-state index contributed by atoms with van der Waals surface area (Å²) < 4.78 is 13.9. The maximum absolute atomic E-state index is 13.4. The Labute approximate surface area is 290 Å². The molecule has 2 bridgehead atoms. The van der Waals surface area contributed by atoms with E-state index in [9.17, 15) is 9.90 Å². The Morgan fingerprint density at radius 3 is 2.40 bits per heavy atom. The van der Waals surface area contributed by atoms with E-state index in [-0.39, 0.29) is 44.8 Å². The van der Waals surface area contributed by atoms with Crippen LogP contribution in [0.15, 0.2) is 18.0 Å². The van der Waals surface area contributed by atoms with Crippen molar-refractivity contribution in [3.63, 3.8) is 0 Å². The molecule has 9 nitrogen and oxygen atoms in total. The Morgan fingerprint density at radius 1 is 1.10 bits per heavy atom. The minimum atomic E-state index is -0.614. The first-order valence-corrected chi connectivity index (χ1v) is 18.9. The van der Waals surface area contributed by atoms with E-state index >= 15 is 0 Å². The Morgan fingerprint density at radius 2 is 1.81 bits per heavy atom. The molecule has 1 N–H and O–H groups in total. The second-order valence-electron chi connectivity index (χ2n) is 19.0. The van der Waals surface area contributed by atoms with Crippen LogP contribution in [0.5, 0.6) is 0 Å². The van der Waals surface area contributed by atoms with E-state index in [0.717, 1.165) is 38.5 Å². The smallest absolute Gasteiger partial charge is 0.307 e. The molecule has 48 heavy (non-hydrogen) atoms. The highest BCUT2D eigenvalue weighted by Crippen LogP contribution is 2.75. The lowest BCUT2D eigenvalue weighted by Crippen LogP contribution is -2.69. The molecule has 1 aromatic heterocycles. The van der Waals surface area contributed by atoms with Crippen molar-refractivity contribution in [1.82, 2.24) is 25.1 Å². The van der Waals surface area contributed by atoms with Gasteiger partial charge in [0.2, 0.25) is 0 Å². The molecule has 3 saturated carbocycles. The molecular weight excluding hydrogens is 602 g/mol. The molecule has 0 radical (unpaired) electrons. The van der Waals surface area contributed by atoms with Crippen molar-refractivity contribution in [3.05, 3.63) is 18.0 Å².